The number of morpholine rings is 1. The molecule has 0 bridgehead atoms. The van der Waals surface area contributed by atoms with Crippen LogP contribution in [0.3, 0.4) is 0 Å². The Morgan fingerprint density at radius 2 is 2.03 bits per heavy atom. The number of nitrogen functional groups attached to an aromatic ring is 1. The summed E-state index contributed by atoms with van der Waals surface area (Å²) in [5, 5.41) is 19.4. The van der Waals surface area contributed by atoms with Gasteiger partial charge in [0.15, 0.2) is 17.2 Å². The van der Waals surface area contributed by atoms with Crippen molar-refractivity contribution in [1.29, 1.82) is 0 Å². The minimum absolute atomic E-state index is 0. The number of benzene rings is 1. The van der Waals surface area contributed by atoms with Gasteiger partial charge in [0.1, 0.15) is 5.69 Å². The van der Waals surface area contributed by atoms with E-state index in [1.165, 1.54) is 20.2 Å². The third-order valence-corrected chi connectivity index (χ3v) is 4.95. The third-order valence-electron chi connectivity index (χ3n) is 4.95. The van der Waals surface area contributed by atoms with Crippen LogP contribution in [-0.4, -0.2) is 81.7 Å². The Morgan fingerprint density at radius 3 is 2.69 bits per heavy atom. The fourth-order valence-electron chi connectivity index (χ4n) is 3.33. The van der Waals surface area contributed by atoms with Crippen LogP contribution in [0.2, 0.25) is 0 Å². The van der Waals surface area contributed by atoms with Crippen molar-refractivity contribution in [3.05, 3.63) is 35.2 Å². The maximum atomic E-state index is 13.1. The van der Waals surface area contributed by atoms with Crippen molar-refractivity contribution in [2.45, 2.75) is 13.5 Å². The summed E-state index contributed by atoms with van der Waals surface area (Å²) in [6.45, 7) is 4.19. The number of aromatic nitrogens is 5. The molecular formula is C20H24ClN9O6. The number of nitrogens with zero attached hydrogens (tertiary/aromatic N) is 7. The molecule has 0 radical (unpaired) electrons. The zero-order valence-corrected chi connectivity index (χ0v) is 20.2. The Hall–Kier alpha value is -4.08. The van der Waals surface area contributed by atoms with Gasteiger partial charge in [0, 0.05) is 26.6 Å². The third kappa shape index (κ3) is 6.12. The fourth-order valence-corrected chi connectivity index (χ4v) is 3.33. The fraction of sp³-hybridized carbons (Fsp3) is 0.350. The molecule has 3 aromatic rings. The summed E-state index contributed by atoms with van der Waals surface area (Å²) in [6, 6.07) is 4.81. The first kappa shape index (κ1) is 26.5. The van der Waals surface area contributed by atoms with E-state index in [1.54, 1.807) is 18.2 Å². The average molecular weight is 522 g/mol. The van der Waals surface area contributed by atoms with Crippen molar-refractivity contribution in [3.63, 3.8) is 0 Å². The quantitative estimate of drug-likeness (QED) is 0.177. The number of esters is 1. The normalized spacial score (nSPS) is 13.8. The van der Waals surface area contributed by atoms with Gasteiger partial charge in [-0.15, -0.1) is 17.5 Å². The Kier molecular flexibility index (Phi) is 8.88. The van der Waals surface area contributed by atoms with Crippen LogP contribution in [0.15, 0.2) is 27.9 Å². The lowest BCUT2D eigenvalue weighted by atomic mass is 10.2. The molecule has 0 aliphatic carbocycles. The molecule has 1 aliphatic heterocycles. The summed E-state index contributed by atoms with van der Waals surface area (Å²) >= 11 is 0. The van der Waals surface area contributed by atoms with E-state index < -0.39 is 11.9 Å². The van der Waals surface area contributed by atoms with Crippen LogP contribution in [0.1, 0.15) is 28.7 Å². The molecule has 3 N–H and O–H groups in total. The second-order valence-electron chi connectivity index (χ2n) is 7.36. The number of carbonyl (C=O) groups excluding carboxylic acids is 2. The summed E-state index contributed by atoms with van der Waals surface area (Å²) < 4.78 is 21.5. The van der Waals surface area contributed by atoms with Gasteiger partial charge in [0.05, 0.1) is 26.5 Å². The maximum absolute atomic E-state index is 13.1. The molecule has 1 fully saturated rings. The molecule has 0 unspecified atom stereocenters. The number of carbonyl (C=O) groups is 2. The highest BCUT2D eigenvalue weighted by Gasteiger charge is 2.26. The summed E-state index contributed by atoms with van der Waals surface area (Å²) in [6.07, 6.45) is 1.40. The van der Waals surface area contributed by atoms with Crippen molar-refractivity contribution < 1.29 is 28.4 Å². The number of rotatable bonds is 8. The molecule has 4 rings (SSSR count). The number of hydrogen-bond donors (Lipinski definition) is 2. The van der Waals surface area contributed by atoms with E-state index in [1.807, 2.05) is 0 Å². The summed E-state index contributed by atoms with van der Waals surface area (Å²) in [4.78, 5) is 26.4. The highest BCUT2D eigenvalue weighted by atomic mass is 35.5. The number of nitrogens with two attached hydrogens (primary N) is 1. The molecule has 1 aliphatic rings. The SMILES string of the molecule is COc1cc(/C=N/NC(=O)c2c(CN3CCOCC3)nnn2-c2nonc2N)ccc1OC(C)=O.Cl. The van der Waals surface area contributed by atoms with Gasteiger partial charge in [-0.3, -0.25) is 14.5 Å². The van der Waals surface area contributed by atoms with Crippen molar-refractivity contribution in [1.82, 2.24) is 35.6 Å². The molecule has 15 nitrogen and oxygen atoms in total. The predicted octanol–water partition coefficient (Wildman–Crippen LogP) is 0.184. The minimum Gasteiger partial charge on any atom is -0.493 e. The van der Waals surface area contributed by atoms with E-state index in [2.05, 4.69) is 40.7 Å². The molecule has 36 heavy (non-hydrogen) atoms. The molecule has 1 amide bonds. The lowest BCUT2D eigenvalue weighted by Crippen LogP contribution is -2.36. The Balaban J connectivity index is 0.00000361. The smallest absolute Gasteiger partial charge is 0.308 e. The van der Waals surface area contributed by atoms with Gasteiger partial charge in [0.2, 0.25) is 11.6 Å². The van der Waals surface area contributed by atoms with Crippen LogP contribution >= 0.6 is 12.4 Å². The van der Waals surface area contributed by atoms with Crippen molar-refractivity contribution >= 4 is 36.3 Å². The van der Waals surface area contributed by atoms with E-state index in [4.69, 9.17) is 19.9 Å². The van der Waals surface area contributed by atoms with Gasteiger partial charge in [-0.2, -0.15) is 9.78 Å². The van der Waals surface area contributed by atoms with Crippen molar-refractivity contribution in [2.75, 3.05) is 39.1 Å². The molecule has 1 aromatic carbocycles. The zero-order valence-electron chi connectivity index (χ0n) is 19.4. The van der Waals surface area contributed by atoms with E-state index in [-0.39, 0.29) is 35.5 Å². The maximum Gasteiger partial charge on any atom is 0.308 e. The van der Waals surface area contributed by atoms with Crippen LogP contribution in [0.4, 0.5) is 5.82 Å². The van der Waals surface area contributed by atoms with E-state index in [9.17, 15) is 9.59 Å². The second kappa shape index (κ2) is 12.1. The highest BCUT2D eigenvalue weighted by Crippen LogP contribution is 2.27. The summed E-state index contributed by atoms with van der Waals surface area (Å²) in [7, 11) is 1.44. The molecular weight excluding hydrogens is 498 g/mol. The van der Waals surface area contributed by atoms with Gasteiger partial charge >= 0.3 is 5.97 Å². The number of nitrogens with one attached hydrogen (secondary N) is 1. The first-order chi connectivity index (χ1) is 17.0. The summed E-state index contributed by atoms with van der Waals surface area (Å²) in [5.41, 5.74) is 9.32. The van der Waals surface area contributed by atoms with Crippen molar-refractivity contribution in [3.8, 4) is 17.3 Å². The van der Waals surface area contributed by atoms with Crippen LogP contribution < -0.4 is 20.6 Å². The molecule has 2 aromatic heterocycles. The standard InChI is InChI=1S/C20H23N9O6.ClH/c1-12(30)34-15-4-3-13(9-16(15)32-2)10-22-24-20(31)17-14(11-28-5-7-33-8-6-28)23-27-29(17)19-18(21)25-35-26-19;/h3-4,9-10H,5-8,11H2,1-2H3,(H2,21,25)(H,24,31);1H/b22-10+;. The highest BCUT2D eigenvalue weighted by molar-refractivity contribution is 5.95. The lowest BCUT2D eigenvalue weighted by molar-refractivity contribution is -0.132. The van der Waals surface area contributed by atoms with E-state index >= 15 is 0 Å². The number of hydrogen-bond acceptors (Lipinski definition) is 13. The molecule has 16 heteroatoms. The minimum atomic E-state index is -0.597. The van der Waals surface area contributed by atoms with E-state index in [0.29, 0.717) is 49.9 Å². The first-order valence-electron chi connectivity index (χ1n) is 10.5. The molecule has 0 spiro atoms. The molecule has 0 saturated carbocycles. The Morgan fingerprint density at radius 1 is 1.25 bits per heavy atom. The molecule has 1 saturated heterocycles. The average Bonchev–Trinajstić information content (AvgIpc) is 3.45. The number of amides is 1. The first-order valence-corrected chi connectivity index (χ1v) is 10.5. The van der Waals surface area contributed by atoms with Crippen molar-refractivity contribution in [2.24, 2.45) is 5.10 Å². The zero-order chi connectivity index (χ0) is 24.8. The van der Waals surface area contributed by atoms with Crippen LogP contribution in [0.5, 0.6) is 11.5 Å². The van der Waals surface area contributed by atoms with Gasteiger partial charge in [-0.1, -0.05) is 5.21 Å². The molecule has 192 valence electrons. The van der Waals surface area contributed by atoms with Gasteiger partial charge in [-0.05, 0) is 34.1 Å². The second-order valence-corrected chi connectivity index (χ2v) is 7.36. The van der Waals surface area contributed by atoms with Crippen LogP contribution in [0.25, 0.3) is 5.82 Å². The van der Waals surface area contributed by atoms with Gasteiger partial charge in [0.25, 0.3) is 5.91 Å². The number of ether oxygens (including phenoxy) is 3. The summed E-state index contributed by atoms with van der Waals surface area (Å²) in [5.74, 6) is -0.489. The van der Waals surface area contributed by atoms with Gasteiger partial charge in [-0.25, -0.2) is 10.1 Å². The van der Waals surface area contributed by atoms with Crippen LogP contribution in [0, 0.1) is 0 Å². The van der Waals surface area contributed by atoms with E-state index in [0.717, 1.165) is 4.68 Å². The largest absolute Gasteiger partial charge is 0.493 e. The Labute approximate surface area is 210 Å². The van der Waals surface area contributed by atoms with Gasteiger partial charge < -0.3 is 19.9 Å². The number of anilines is 1. The topological polar surface area (TPSA) is 185 Å². The number of hydrazone groups is 1. The molecule has 3 heterocycles. The molecule has 0 atom stereocenters. The monoisotopic (exact) mass is 521 g/mol. The number of halogens is 1. The Bertz CT molecular complexity index is 1240. The number of methoxy groups -OCH3 is 1. The van der Waals surface area contributed by atoms with Crippen LogP contribution in [-0.2, 0) is 16.1 Å². The lowest BCUT2D eigenvalue weighted by Gasteiger charge is -2.25. The predicted molar refractivity (Wildman–Crippen MR) is 126 cm³/mol.